The molecule has 5 aromatic rings. The third-order valence-corrected chi connectivity index (χ3v) is 5.66. The van der Waals surface area contributed by atoms with Crippen LogP contribution in [0, 0.1) is 13.8 Å². The maximum absolute atomic E-state index is 11.7. The molecule has 0 saturated heterocycles. The molecule has 8 nitrogen and oxygen atoms in total. The summed E-state index contributed by atoms with van der Waals surface area (Å²) in [5.74, 6) is 1.10. The fourth-order valence-corrected chi connectivity index (χ4v) is 4.08. The molecule has 170 valence electrons. The Bertz CT molecular complexity index is 1540. The molecule has 1 N–H and O–H groups in total. The van der Waals surface area contributed by atoms with E-state index in [4.69, 9.17) is 21.3 Å². The molecule has 5 rings (SSSR count). The summed E-state index contributed by atoms with van der Waals surface area (Å²) >= 11 is 6.09. The Morgan fingerprint density at radius 1 is 1.06 bits per heavy atom. The van der Waals surface area contributed by atoms with E-state index >= 15 is 0 Å². The molecule has 0 fully saturated rings. The molecule has 0 atom stereocenters. The first-order chi connectivity index (χ1) is 16.4. The molecule has 0 aliphatic heterocycles. The van der Waals surface area contributed by atoms with Crippen LogP contribution in [0.4, 0.5) is 11.6 Å². The fourth-order valence-electron chi connectivity index (χ4n) is 3.90. The molecule has 34 heavy (non-hydrogen) atoms. The molecule has 0 spiro atoms. The molecular weight excluding hydrogens is 452 g/mol. The summed E-state index contributed by atoms with van der Waals surface area (Å²) in [5.41, 5.74) is 6.19. The van der Waals surface area contributed by atoms with Crippen molar-refractivity contribution in [2.75, 3.05) is 12.4 Å². The highest BCUT2D eigenvalue weighted by atomic mass is 35.5. The number of methoxy groups -OCH3 is 1. The quantitative estimate of drug-likeness (QED) is 0.332. The number of benzene rings is 2. The highest BCUT2D eigenvalue weighted by Crippen LogP contribution is 2.31. The van der Waals surface area contributed by atoms with Crippen molar-refractivity contribution in [3.8, 4) is 22.6 Å². The number of fused-ring (bicyclic) bond motifs is 1. The van der Waals surface area contributed by atoms with E-state index in [1.54, 1.807) is 30.1 Å². The molecule has 9 heteroatoms. The van der Waals surface area contributed by atoms with Crippen LogP contribution in [0.25, 0.3) is 22.5 Å². The molecule has 3 heterocycles. The van der Waals surface area contributed by atoms with Crippen molar-refractivity contribution in [2.24, 2.45) is 0 Å². The summed E-state index contributed by atoms with van der Waals surface area (Å²) in [6.45, 7) is 3.90. The van der Waals surface area contributed by atoms with Crippen LogP contribution in [-0.2, 0) is 0 Å². The average molecular weight is 473 g/mol. The van der Waals surface area contributed by atoms with Gasteiger partial charge >= 0.3 is 0 Å². The van der Waals surface area contributed by atoms with E-state index in [0.29, 0.717) is 27.9 Å². The number of halogens is 1. The number of rotatable bonds is 6. The van der Waals surface area contributed by atoms with Gasteiger partial charge in [0.2, 0.25) is 5.95 Å². The van der Waals surface area contributed by atoms with Gasteiger partial charge in [0.1, 0.15) is 5.75 Å². The summed E-state index contributed by atoms with van der Waals surface area (Å²) in [6, 6.07) is 13.0. The van der Waals surface area contributed by atoms with Crippen molar-refractivity contribution in [1.82, 2.24) is 24.1 Å². The zero-order valence-electron chi connectivity index (χ0n) is 18.8. The fraction of sp³-hybridized carbons (Fsp3) is 0.120. The van der Waals surface area contributed by atoms with Crippen LogP contribution in [0.1, 0.15) is 21.6 Å². The third kappa shape index (κ3) is 3.99. The van der Waals surface area contributed by atoms with Crippen LogP contribution in [0.15, 0.2) is 61.2 Å². The number of pyridine rings is 1. The van der Waals surface area contributed by atoms with Gasteiger partial charge in [0.25, 0.3) is 0 Å². The second kappa shape index (κ2) is 8.64. The average Bonchev–Trinajstić information content (AvgIpc) is 3.43. The van der Waals surface area contributed by atoms with Crippen molar-refractivity contribution >= 4 is 35.2 Å². The molecule has 0 radical (unpaired) electrons. The first-order valence-electron chi connectivity index (χ1n) is 10.5. The molecule has 0 unspecified atom stereocenters. The number of anilines is 2. The lowest BCUT2D eigenvalue weighted by atomic mass is 10.0. The largest absolute Gasteiger partial charge is 0.494 e. The number of ether oxygens (including phenoxy) is 1. The Hall–Kier alpha value is -4.17. The number of carbonyl (C=O) groups excluding carboxylic acids is 1. The van der Waals surface area contributed by atoms with E-state index in [0.717, 1.165) is 40.0 Å². The minimum absolute atomic E-state index is 0.418. The van der Waals surface area contributed by atoms with Gasteiger partial charge < -0.3 is 14.6 Å². The van der Waals surface area contributed by atoms with Crippen molar-refractivity contribution in [1.29, 1.82) is 0 Å². The van der Waals surface area contributed by atoms with Crippen molar-refractivity contribution in [3.63, 3.8) is 0 Å². The summed E-state index contributed by atoms with van der Waals surface area (Å²) in [6.07, 6.45) is 6.37. The smallest absolute Gasteiger partial charge is 0.247 e. The molecule has 3 aromatic heterocycles. The maximum atomic E-state index is 11.7. The lowest BCUT2D eigenvalue weighted by Gasteiger charge is -2.11. The molecule has 0 saturated carbocycles. The highest BCUT2D eigenvalue weighted by molar-refractivity contribution is 6.31. The minimum Gasteiger partial charge on any atom is -0.494 e. The first kappa shape index (κ1) is 21.7. The highest BCUT2D eigenvalue weighted by Gasteiger charge is 2.15. The van der Waals surface area contributed by atoms with Gasteiger partial charge in [0.15, 0.2) is 11.9 Å². The topological polar surface area (TPSA) is 86.3 Å². The van der Waals surface area contributed by atoms with E-state index in [-0.39, 0.29) is 0 Å². The van der Waals surface area contributed by atoms with Crippen LogP contribution in [0.2, 0.25) is 5.02 Å². The van der Waals surface area contributed by atoms with Crippen molar-refractivity contribution < 1.29 is 9.53 Å². The zero-order chi connectivity index (χ0) is 23.8. The van der Waals surface area contributed by atoms with Gasteiger partial charge in [0.05, 0.1) is 24.8 Å². The summed E-state index contributed by atoms with van der Waals surface area (Å²) in [7, 11) is 1.63. The molecule has 0 aliphatic carbocycles. The minimum atomic E-state index is 0.418. The second-order valence-electron chi connectivity index (χ2n) is 7.92. The third-order valence-electron chi connectivity index (χ3n) is 5.43. The normalized spacial score (nSPS) is 11.1. The van der Waals surface area contributed by atoms with Gasteiger partial charge in [-0.2, -0.15) is 4.98 Å². The van der Waals surface area contributed by atoms with Gasteiger partial charge in [-0.25, -0.2) is 9.50 Å². The van der Waals surface area contributed by atoms with E-state index in [1.807, 2.05) is 61.1 Å². The van der Waals surface area contributed by atoms with E-state index in [9.17, 15) is 4.79 Å². The number of aldehydes is 1. The summed E-state index contributed by atoms with van der Waals surface area (Å²) in [4.78, 5) is 20.7. The predicted molar refractivity (Wildman–Crippen MR) is 132 cm³/mol. The number of hydrogen-bond acceptors (Lipinski definition) is 6. The van der Waals surface area contributed by atoms with Crippen LogP contribution in [-0.4, -0.2) is 37.5 Å². The lowest BCUT2D eigenvalue weighted by molar-refractivity contribution is 0.112. The van der Waals surface area contributed by atoms with Gasteiger partial charge in [-0.3, -0.25) is 4.79 Å². The standard InChI is InChI=1S/C25H21ClN6O2/c1-15-8-21(20-6-4-18(26)9-17(20)13-33)24-29-25(30-32(24)11-15)28-19-5-7-22(23(10-19)34-3)31-12-16(2)27-14-31/h4-14H,1-3H3,(H,28,30). The van der Waals surface area contributed by atoms with Crippen LogP contribution in [0.3, 0.4) is 0 Å². The molecular formula is C25H21ClN6O2. The van der Waals surface area contributed by atoms with Gasteiger partial charge in [-0.15, -0.1) is 5.10 Å². The summed E-state index contributed by atoms with van der Waals surface area (Å²) in [5, 5.41) is 8.34. The summed E-state index contributed by atoms with van der Waals surface area (Å²) < 4.78 is 9.21. The van der Waals surface area contributed by atoms with Gasteiger partial charge in [-0.1, -0.05) is 17.7 Å². The van der Waals surface area contributed by atoms with Crippen LogP contribution >= 0.6 is 11.6 Å². The SMILES string of the molecule is COc1cc(Nc2nc3c(-c4ccc(Cl)cc4C=O)cc(C)cn3n2)ccc1-n1cnc(C)c1. The molecule has 0 amide bonds. The number of nitrogens with one attached hydrogen (secondary N) is 1. The first-order valence-corrected chi connectivity index (χ1v) is 10.9. The lowest BCUT2D eigenvalue weighted by Crippen LogP contribution is -1.98. The number of aromatic nitrogens is 5. The number of hydrogen-bond donors (Lipinski definition) is 1. The van der Waals surface area contributed by atoms with Crippen LogP contribution < -0.4 is 10.1 Å². The zero-order valence-corrected chi connectivity index (χ0v) is 19.5. The van der Waals surface area contributed by atoms with E-state index in [2.05, 4.69) is 15.4 Å². The molecule has 0 aliphatic rings. The monoisotopic (exact) mass is 472 g/mol. The second-order valence-corrected chi connectivity index (χ2v) is 8.35. The Morgan fingerprint density at radius 2 is 1.91 bits per heavy atom. The van der Waals surface area contributed by atoms with Gasteiger partial charge in [-0.05, 0) is 55.3 Å². The molecule has 2 aromatic carbocycles. The van der Waals surface area contributed by atoms with E-state index < -0.39 is 0 Å². The Morgan fingerprint density at radius 3 is 2.65 bits per heavy atom. The predicted octanol–water partition coefficient (Wildman–Crippen LogP) is 5.42. The van der Waals surface area contributed by atoms with E-state index in [1.165, 1.54) is 0 Å². The van der Waals surface area contributed by atoms with Gasteiger partial charge in [0, 0.05) is 40.3 Å². The number of nitrogens with zero attached hydrogens (tertiary/aromatic N) is 5. The van der Waals surface area contributed by atoms with Crippen molar-refractivity contribution in [3.05, 3.63) is 83.0 Å². The van der Waals surface area contributed by atoms with Crippen molar-refractivity contribution in [2.45, 2.75) is 13.8 Å². The van der Waals surface area contributed by atoms with Crippen LogP contribution in [0.5, 0.6) is 5.75 Å². The Balaban J connectivity index is 1.54. The number of aryl methyl sites for hydroxylation is 2. The Kier molecular flexibility index (Phi) is 5.51. The Labute approximate surface area is 200 Å². The molecule has 0 bridgehead atoms. The maximum Gasteiger partial charge on any atom is 0.247 e. The number of carbonyl (C=O) groups is 1. The number of imidazole rings is 1.